The monoisotopic (exact) mass is 331 g/mol. The van der Waals surface area contributed by atoms with Crippen LogP contribution in [-0.4, -0.2) is 25.7 Å². The molecule has 0 radical (unpaired) electrons. The molecule has 2 N–H and O–H groups in total. The molecule has 0 aliphatic heterocycles. The van der Waals surface area contributed by atoms with E-state index in [9.17, 15) is 4.79 Å². The third kappa shape index (κ3) is 2.78. The largest absolute Gasteiger partial charge is 0.351 e. The van der Waals surface area contributed by atoms with Crippen LogP contribution in [-0.2, 0) is 0 Å². The van der Waals surface area contributed by atoms with Crippen molar-refractivity contribution in [3.63, 3.8) is 0 Å². The van der Waals surface area contributed by atoms with E-state index in [1.54, 1.807) is 11.0 Å². The van der Waals surface area contributed by atoms with Gasteiger partial charge < -0.3 is 10.3 Å². The van der Waals surface area contributed by atoms with E-state index in [0.29, 0.717) is 11.4 Å². The Morgan fingerprint density at radius 1 is 1.16 bits per heavy atom. The maximum atomic E-state index is 12.7. The summed E-state index contributed by atoms with van der Waals surface area (Å²) in [6, 6.07) is 13.5. The zero-order valence-corrected chi connectivity index (χ0v) is 13.9. The fraction of sp³-hybridized carbons (Fsp3) is 0.105. The second-order valence-electron chi connectivity index (χ2n) is 6.04. The van der Waals surface area contributed by atoms with Gasteiger partial charge in [0.25, 0.3) is 5.91 Å². The molecule has 6 heteroatoms. The first-order valence-electron chi connectivity index (χ1n) is 7.97. The highest BCUT2D eigenvalue weighted by Gasteiger charge is 2.14. The molecule has 25 heavy (non-hydrogen) atoms. The van der Waals surface area contributed by atoms with Crippen molar-refractivity contribution in [1.29, 1.82) is 0 Å². The molecule has 124 valence electrons. The van der Waals surface area contributed by atoms with Crippen LogP contribution in [0.25, 0.3) is 16.6 Å². The summed E-state index contributed by atoms with van der Waals surface area (Å²) >= 11 is 0. The molecule has 0 aliphatic rings. The molecule has 0 unspecified atom stereocenters. The van der Waals surface area contributed by atoms with Crippen molar-refractivity contribution in [2.45, 2.75) is 13.8 Å². The number of aromatic amines is 1. The average molecular weight is 331 g/mol. The van der Waals surface area contributed by atoms with Crippen LogP contribution in [0.3, 0.4) is 0 Å². The van der Waals surface area contributed by atoms with Gasteiger partial charge in [0.2, 0.25) is 0 Å². The molecular weight excluding hydrogens is 314 g/mol. The van der Waals surface area contributed by atoms with Gasteiger partial charge in [0.05, 0.1) is 11.4 Å². The van der Waals surface area contributed by atoms with Gasteiger partial charge >= 0.3 is 0 Å². The second-order valence-corrected chi connectivity index (χ2v) is 6.04. The molecule has 0 spiro atoms. The van der Waals surface area contributed by atoms with Crippen LogP contribution < -0.4 is 5.32 Å². The number of hydrogen-bond donors (Lipinski definition) is 2. The van der Waals surface area contributed by atoms with Crippen LogP contribution >= 0.6 is 0 Å². The average Bonchev–Trinajstić information content (AvgIpc) is 3.24. The van der Waals surface area contributed by atoms with E-state index in [4.69, 9.17) is 0 Å². The Hall–Kier alpha value is -3.41. The molecule has 0 fully saturated rings. The molecule has 4 aromatic rings. The molecule has 0 aliphatic carbocycles. The summed E-state index contributed by atoms with van der Waals surface area (Å²) in [5.41, 5.74) is 5.23. The van der Waals surface area contributed by atoms with Gasteiger partial charge in [-0.25, -0.2) is 9.67 Å². The summed E-state index contributed by atoms with van der Waals surface area (Å²) in [6.45, 7) is 4.09. The fourth-order valence-corrected chi connectivity index (χ4v) is 3.02. The predicted octanol–water partition coefficient (Wildman–Crippen LogP) is 3.62. The van der Waals surface area contributed by atoms with E-state index >= 15 is 0 Å². The highest BCUT2D eigenvalue weighted by atomic mass is 16.1. The van der Waals surface area contributed by atoms with Crippen LogP contribution in [0.1, 0.15) is 21.6 Å². The minimum atomic E-state index is -0.194. The Labute approximate surface area is 144 Å². The van der Waals surface area contributed by atoms with Gasteiger partial charge in [0.15, 0.2) is 0 Å². The summed E-state index contributed by atoms with van der Waals surface area (Å²) in [5.74, 6) is -0.194. The van der Waals surface area contributed by atoms with Crippen LogP contribution in [0.4, 0.5) is 5.69 Å². The van der Waals surface area contributed by atoms with Crippen molar-refractivity contribution >= 4 is 22.5 Å². The Morgan fingerprint density at radius 3 is 2.80 bits per heavy atom. The fourth-order valence-electron chi connectivity index (χ4n) is 3.02. The SMILES string of the molecule is Cc1cc(C)c2cc(C(=O)Nc3ccccc3-n3cncn3)[nH]c2c1. The number of H-pyrrole nitrogens is 1. The van der Waals surface area contributed by atoms with E-state index in [2.05, 4.69) is 26.4 Å². The van der Waals surface area contributed by atoms with Gasteiger partial charge in [-0.1, -0.05) is 18.2 Å². The van der Waals surface area contributed by atoms with Crippen molar-refractivity contribution in [3.8, 4) is 5.69 Å². The third-order valence-corrected chi connectivity index (χ3v) is 4.15. The number of hydrogen-bond acceptors (Lipinski definition) is 3. The lowest BCUT2D eigenvalue weighted by Crippen LogP contribution is -2.14. The molecule has 6 nitrogen and oxygen atoms in total. The topological polar surface area (TPSA) is 75.6 Å². The van der Waals surface area contributed by atoms with Crippen molar-refractivity contribution < 1.29 is 4.79 Å². The third-order valence-electron chi connectivity index (χ3n) is 4.15. The standard InChI is InChI=1S/C19H17N5O/c1-12-7-13(2)14-9-17(22-16(14)8-12)19(25)23-15-5-3-4-6-18(15)24-11-20-10-21-24/h3-11,22H,1-2H3,(H,23,25). The van der Waals surface area contributed by atoms with Crippen molar-refractivity contribution in [1.82, 2.24) is 19.7 Å². The highest BCUT2D eigenvalue weighted by Crippen LogP contribution is 2.23. The number of benzene rings is 2. The first-order chi connectivity index (χ1) is 12.1. The molecule has 0 saturated heterocycles. The number of carbonyl (C=O) groups excluding carboxylic acids is 1. The number of carbonyl (C=O) groups is 1. The molecule has 0 saturated carbocycles. The Kier molecular flexibility index (Phi) is 3.57. The molecule has 2 aromatic heterocycles. The molecule has 0 atom stereocenters. The summed E-state index contributed by atoms with van der Waals surface area (Å²) in [7, 11) is 0. The van der Waals surface area contributed by atoms with Gasteiger partial charge in [-0.05, 0) is 49.2 Å². The van der Waals surface area contributed by atoms with E-state index in [0.717, 1.165) is 27.7 Å². The summed E-state index contributed by atoms with van der Waals surface area (Å²) in [6.07, 6.45) is 3.06. The zero-order chi connectivity index (χ0) is 17.4. The van der Waals surface area contributed by atoms with Crippen molar-refractivity contribution in [3.05, 3.63) is 71.9 Å². The normalized spacial score (nSPS) is 11.0. The van der Waals surface area contributed by atoms with Crippen LogP contribution in [0, 0.1) is 13.8 Å². The van der Waals surface area contributed by atoms with Gasteiger partial charge in [-0.3, -0.25) is 4.79 Å². The minimum Gasteiger partial charge on any atom is -0.351 e. The number of aromatic nitrogens is 4. The molecule has 4 rings (SSSR count). The quantitative estimate of drug-likeness (QED) is 0.602. The number of para-hydroxylation sites is 2. The van der Waals surface area contributed by atoms with Crippen LogP contribution in [0.15, 0.2) is 55.1 Å². The Bertz CT molecular complexity index is 1060. The van der Waals surface area contributed by atoms with E-state index in [-0.39, 0.29) is 5.91 Å². The van der Waals surface area contributed by atoms with E-state index in [1.165, 1.54) is 6.33 Å². The smallest absolute Gasteiger partial charge is 0.272 e. The molecule has 2 heterocycles. The zero-order valence-electron chi connectivity index (χ0n) is 13.9. The van der Waals surface area contributed by atoms with Gasteiger partial charge in [0, 0.05) is 10.9 Å². The van der Waals surface area contributed by atoms with Crippen LogP contribution in [0.5, 0.6) is 0 Å². The number of aryl methyl sites for hydroxylation is 2. The second kappa shape index (κ2) is 5.90. The van der Waals surface area contributed by atoms with Crippen molar-refractivity contribution in [2.75, 3.05) is 5.32 Å². The summed E-state index contributed by atoms with van der Waals surface area (Å²) in [4.78, 5) is 19.9. The minimum absolute atomic E-state index is 0.194. The summed E-state index contributed by atoms with van der Waals surface area (Å²) < 4.78 is 1.62. The molecule has 1 amide bonds. The molecule has 0 bridgehead atoms. The number of anilines is 1. The van der Waals surface area contributed by atoms with E-state index in [1.807, 2.05) is 50.2 Å². The number of amides is 1. The predicted molar refractivity (Wildman–Crippen MR) is 97.1 cm³/mol. The Morgan fingerprint density at radius 2 is 2.00 bits per heavy atom. The maximum Gasteiger partial charge on any atom is 0.272 e. The number of fused-ring (bicyclic) bond motifs is 1. The number of nitrogens with zero attached hydrogens (tertiary/aromatic N) is 3. The lowest BCUT2D eigenvalue weighted by atomic mass is 10.1. The van der Waals surface area contributed by atoms with Crippen molar-refractivity contribution in [2.24, 2.45) is 0 Å². The maximum absolute atomic E-state index is 12.7. The number of rotatable bonds is 3. The van der Waals surface area contributed by atoms with Gasteiger partial charge in [-0.2, -0.15) is 5.10 Å². The van der Waals surface area contributed by atoms with E-state index < -0.39 is 0 Å². The molecular formula is C19H17N5O. The lowest BCUT2D eigenvalue weighted by molar-refractivity contribution is 0.102. The highest BCUT2D eigenvalue weighted by molar-refractivity contribution is 6.07. The first kappa shape index (κ1) is 15.1. The Balaban J connectivity index is 1.69. The first-order valence-corrected chi connectivity index (χ1v) is 7.97. The van der Waals surface area contributed by atoms with Gasteiger partial charge in [-0.15, -0.1) is 0 Å². The summed E-state index contributed by atoms with van der Waals surface area (Å²) in [5, 5.41) is 8.14. The lowest BCUT2D eigenvalue weighted by Gasteiger charge is -2.09. The van der Waals surface area contributed by atoms with Crippen LogP contribution in [0.2, 0.25) is 0 Å². The number of nitrogens with one attached hydrogen (secondary N) is 2. The van der Waals surface area contributed by atoms with Gasteiger partial charge in [0.1, 0.15) is 18.3 Å². The molecule has 2 aromatic carbocycles.